The molecule has 1 aliphatic rings. The quantitative estimate of drug-likeness (QED) is 0.258. The van der Waals surface area contributed by atoms with E-state index in [1.807, 2.05) is 24.5 Å². The number of thiophene rings is 1. The van der Waals surface area contributed by atoms with Crippen molar-refractivity contribution in [2.75, 3.05) is 0 Å². The molecule has 35 heavy (non-hydrogen) atoms. The van der Waals surface area contributed by atoms with Crippen molar-refractivity contribution >= 4 is 45.1 Å². The first-order valence-electron chi connectivity index (χ1n) is 11.8. The highest BCUT2D eigenvalue weighted by Gasteiger charge is 2.32. The Morgan fingerprint density at radius 3 is 2.80 bits per heavy atom. The molecule has 2 aromatic heterocycles. The Bertz CT molecular complexity index is 1480. The molecule has 0 saturated heterocycles. The zero-order valence-electron chi connectivity index (χ0n) is 20.1. The van der Waals surface area contributed by atoms with Crippen LogP contribution in [0, 0.1) is 28.5 Å². The second kappa shape index (κ2) is 9.26. The van der Waals surface area contributed by atoms with Gasteiger partial charge in [0.2, 0.25) is 0 Å². The maximum absolute atomic E-state index is 13.5. The summed E-state index contributed by atoms with van der Waals surface area (Å²) in [6.07, 6.45) is 6.99. The zero-order valence-corrected chi connectivity index (χ0v) is 21.7. The molecule has 0 bridgehead atoms. The number of nitriles is 1. The lowest BCUT2D eigenvalue weighted by molar-refractivity contribution is 0.218. The van der Waals surface area contributed by atoms with Gasteiger partial charge in [-0.3, -0.25) is 0 Å². The molecular weight excluding hydrogens is 477 g/mol. The van der Waals surface area contributed by atoms with Gasteiger partial charge in [0, 0.05) is 45.3 Å². The van der Waals surface area contributed by atoms with Gasteiger partial charge in [0.25, 0.3) is 0 Å². The SMILES string of the molecule is CC(C)(C)[C@@H]1CCc2c(sc(N=Cc3cn(Cc4ccc(F)cc4Cl)c4ccccc34)c2C#N)C1. The average molecular weight is 504 g/mol. The lowest BCUT2D eigenvalue weighted by Gasteiger charge is -2.33. The summed E-state index contributed by atoms with van der Waals surface area (Å²) in [5.41, 5.74) is 5.06. The van der Waals surface area contributed by atoms with Gasteiger partial charge in [-0.2, -0.15) is 5.26 Å². The first kappa shape index (κ1) is 23.8. The molecule has 0 saturated carbocycles. The zero-order chi connectivity index (χ0) is 24.7. The molecule has 6 heteroatoms. The van der Waals surface area contributed by atoms with Crippen LogP contribution in [0.25, 0.3) is 10.9 Å². The van der Waals surface area contributed by atoms with Gasteiger partial charge in [-0.05, 0) is 59.9 Å². The number of para-hydroxylation sites is 1. The number of hydrogen-bond donors (Lipinski definition) is 0. The number of hydrogen-bond acceptors (Lipinski definition) is 3. The Balaban J connectivity index is 1.49. The van der Waals surface area contributed by atoms with Crippen LogP contribution in [0.2, 0.25) is 5.02 Å². The van der Waals surface area contributed by atoms with E-state index in [0.29, 0.717) is 17.5 Å². The predicted molar refractivity (Wildman–Crippen MR) is 144 cm³/mol. The lowest BCUT2D eigenvalue weighted by Crippen LogP contribution is -2.26. The van der Waals surface area contributed by atoms with Crippen molar-refractivity contribution in [1.82, 2.24) is 4.57 Å². The fourth-order valence-corrected chi connectivity index (χ4v) is 6.44. The van der Waals surface area contributed by atoms with Gasteiger partial charge in [0.15, 0.2) is 0 Å². The topological polar surface area (TPSA) is 41.1 Å². The van der Waals surface area contributed by atoms with E-state index in [1.54, 1.807) is 17.4 Å². The van der Waals surface area contributed by atoms with Gasteiger partial charge in [0.1, 0.15) is 16.9 Å². The summed E-state index contributed by atoms with van der Waals surface area (Å²) < 4.78 is 15.6. The van der Waals surface area contributed by atoms with E-state index in [9.17, 15) is 9.65 Å². The Labute approximate surface area is 214 Å². The van der Waals surface area contributed by atoms with Crippen LogP contribution in [0.15, 0.2) is 53.7 Å². The minimum Gasteiger partial charge on any atom is -0.342 e. The van der Waals surface area contributed by atoms with Crippen LogP contribution in [0.5, 0.6) is 0 Å². The van der Waals surface area contributed by atoms with Crippen LogP contribution in [0.3, 0.4) is 0 Å². The third-order valence-electron chi connectivity index (χ3n) is 7.08. The minimum atomic E-state index is -0.343. The minimum absolute atomic E-state index is 0.257. The van der Waals surface area contributed by atoms with E-state index in [4.69, 9.17) is 16.6 Å². The molecule has 0 amide bonds. The molecule has 1 aliphatic carbocycles. The standard InChI is InChI=1S/C29H27ClFN3S/c1-29(2,3)20-9-11-23-24(14-32)28(35-27(23)12-20)33-15-19-17-34(26-7-5-4-6-22(19)26)16-18-8-10-21(31)13-25(18)30/h4-8,10,13,15,17,20H,9,11-12,16H2,1-3H3/t20-/m1/s1. The van der Waals surface area contributed by atoms with Crippen LogP contribution >= 0.6 is 22.9 Å². The van der Waals surface area contributed by atoms with Crippen molar-refractivity contribution in [2.24, 2.45) is 16.3 Å². The second-order valence-electron chi connectivity index (χ2n) is 10.3. The van der Waals surface area contributed by atoms with Crippen molar-refractivity contribution in [1.29, 1.82) is 5.26 Å². The number of halogens is 2. The van der Waals surface area contributed by atoms with Crippen molar-refractivity contribution in [3.63, 3.8) is 0 Å². The molecular formula is C29H27ClFN3S. The molecule has 0 fully saturated rings. The highest BCUT2D eigenvalue weighted by Crippen LogP contribution is 2.45. The van der Waals surface area contributed by atoms with E-state index in [-0.39, 0.29) is 11.2 Å². The summed E-state index contributed by atoms with van der Waals surface area (Å²) in [7, 11) is 0. The highest BCUT2D eigenvalue weighted by atomic mass is 35.5. The first-order chi connectivity index (χ1) is 16.7. The molecule has 178 valence electrons. The average Bonchev–Trinajstić information content (AvgIpc) is 3.36. The van der Waals surface area contributed by atoms with Gasteiger partial charge in [0.05, 0.1) is 5.56 Å². The lowest BCUT2D eigenvalue weighted by atomic mass is 9.72. The predicted octanol–water partition coefficient (Wildman–Crippen LogP) is 8.32. The molecule has 5 rings (SSSR count). The summed E-state index contributed by atoms with van der Waals surface area (Å²) in [6, 6.07) is 15.1. The van der Waals surface area contributed by atoms with Gasteiger partial charge in [-0.1, -0.05) is 56.6 Å². The number of aromatic nitrogens is 1. The maximum Gasteiger partial charge on any atom is 0.134 e. The summed E-state index contributed by atoms with van der Waals surface area (Å²) in [6.45, 7) is 7.43. The molecule has 2 aromatic carbocycles. The van der Waals surface area contributed by atoms with Crippen molar-refractivity contribution in [3.8, 4) is 6.07 Å². The van der Waals surface area contributed by atoms with Crippen molar-refractivity contribution < 1.29 is 4.39 Å². The fraction of sp³-hybridized carbons (Fsp3) is 0.310. The second-order valence-corrected chi connectivity index (χ2v) is 11.8. The normalized spacial score (nSPS) is 16.1. The smallest absolute Gasteiger partial charge is 0.134 e. The van der Waals surface area contributed by atoms with Crippen LogP contribution in [0.4, 0.5) is 9.39 Å². The molecule has 2 heterocycles. The van der Waals surface area contributed by atoms with Crippen molar-refractivity contribution in [3.05, 3.63) is 86.6 Å². The van der Waals surface area contributed by atoms with Crippen LogP contribution < -0.4 is 0 Å². The molecule has 3 nitrogen and oxygen atoms in total. The first-order valence-corrected chi connectivity index (χ1v) is 13.0. The van der Waals surface area contributed by atoms with Gasteiger partial charge in [-0.15, -0.1) is 11.3 Å². The van der Waals surface area contributed by atoms with E-state index >= 15 is 0 Å². The molecule has 0 spiro atoms. The van der Waals surface area contributed by atoms with E-state index < -0.39 is 0 Å². The Morgan fingerprint density at radius 2 is 2.06 bits per heavy atom. The van der Waals surface area contributed by atoms with Gasteiger partial charge < -0.3 is 4.57 Å². The van der Waals surface area contributed by atoms with E-state index in [0.717, 1.165) is 51.9 Å². The Kier molecular flexibility index (Phi) is 6.29. The maximum atomic E-state index is 13.5. The molecule has 0 N–H and O–H groups in total. The monoisotopic (exact) mass is 503 g/mol. The van der Waals surface area contributed by atoms with Gasteiger partial charge in [-0.25, -0.2) is 9.38 Å². The van der Waals surface area contributed by atoms with Crippen LogP contribution in [-0.2, 0) is 19.4 Å². The number of nitrogens with zero attached hydrogens (tertiary/aromatic N) is 3. The fourth-order valence-electron chi connectivity index (χ4n) is 4.99. The number of fused-ring (bicyclic) bond motifs is 2. The van der Waals surface area contributed by atoms with Crippen LogP contribution in [0.1, 0.15) is 54.3 Å². The molecule has 0 radical (unpaired) electrons. The Hall–Kier alpha value is -2.94. The number of benzene rings is 2. The molecule has 0 unspecified atom stereocenters. The number of aliphatic imine (C=N–C) groups is 1. The number of rotatable bonds is 4. The van der Waals surface area contributed by atoms with E-state index in [2.05, 4.69) is 43.5 Å². The molecule has 0 aliphatic heterocycles. The molecule has 4 aromatic rings. The summed E-state index contributed by atoms with van der Waals surface area (Å²) in [4.78, 5) is 6.13. The largest absolute Gasteiger partial charge is 0.342 e. The van der Waals surface area contributed by atoms with Crippen molar-refractivity contribution in [2.45, 2.75) is 46.6 Å². The van der Waals surface area contributed by atoms with Gasteiger partial charge >= 0.3 is 0 Å². The summed E-state index contributed by atoms with van der Waals surface area (Å²) >= 11 is 7.95. The highest BCUT2D eigenvalue weighted by molar-refractivity contribution is 7.16. The third kappa shape index (κ3) is 4.66. The third-order valence-corrected chi connectivity index (χ3v) is 8.59. The summed E-state index contributed by atoms with van der Waals surface area (Å²) in [5, 5.41) is 12.2. The van der Waals surface area contributed by atoms with E-state index in [1.165, 1.54) is 22.6 Å². The summed E-state index contributed by atoms with van der Waals surface area (Å²) in [5.74, 6) is 0.276. The van der Waals surface area contributed by atoms with Crippen LogP contribution in [-0.4, -0.2) is 10.8 Å². The molecule has 1 atom stereocenters. The Morgan fingerprint density at radius 1 is 1.26 bits per heavy atom.